The highest BCUT2D eigenvalue weighted by atomic mass is 32.2. The number of ether oxygens (including phenoxy) is 1. The SMILES string of the molecule is CC(C)COCCCNS(=O)(=O)N1CCCCC1CN. The van der Waals surface area contributed by atoms with Crippen LogP contribution in [0, 0.1) is 5.92 Å². The van der Waals surface area contributed by atoms with Crippen molar-refractivity contribution < 1.29 is 13.2 Å². The topological polar surface area (TPSA) is 84.7 Å². The van der Waals surface area contributed by atoms with Crippen molar-refractivity contribution in [3.63, 3.8) is 0 Å². The first-order valence-electron chi connectivity index (χ1n) is 7.51. The third kappa shape index (κ3) is 6.05. The van der Waals surface area contributed by atoms with Crippen LogP contribution in [0.2, 0.25) is 0 Å². The van der Waals surface area contributed by atoms with E-state index in [1.807, 2.05) is 0 Å². The second kappa shape index (κ2) is 8.94. The van der Waals surface area contributed by atoms with Gasteiger partial charge in [0, 0.05) is 38.9 Å². The third-order valence-corrected chi connectivity index (χ3v) is 5.02. The molecule has 1 unspecified atom stereocenters. The second-order valence-electron chi connectivity index (χ2n) is 5.72. The van der Waals surface area contributed by atoms with Gasteiger partial charge in [0.2, 0.25) is 0 Å². The van der Waals surface area contributed by atoms with Gasteiger partial charge in [0.15, 0.2) is 0 Å². The first-order chi connectivity index (χ1) is 9.47. The molecule has 0 radical (unpaired) electrons. The highest BCUT2D eigenvalue weighted by Gasteiger charge is 2.30. The Hall–Kier alpha value is -0.210. The van der Waals surface area contributed by atoms with Crippen LogP contribution in [0.1, 0.15) is 39.5 Å². The van der Waals surface area contributed by atoms with Gasteiger partial charge >= 0.3 is 0 Å². The molecule has 20 heavy (non-hydrogen) atoms. The number of hydrogen-bond donors (Lipinski definition) is 2. The van der Waals surface area contributed by atoms with Crippen LogP contribution in [0.15, 0.2) is 0 Å². The molecule has 6 nitrogen and oxygen atoms in total. The van der Waals surface area contributed by atoms with E-state index in [1.165, 1.54) is 4.31 Å². The van der Waals surface area contributed by atoms with Crippen LogP contribution in [0.25, 0.3) is 0 Å². The summed E-state index contributed by atoms with van der Waals surface area (Å²) in [6, 6.07) is -0.0570. The van der Waals surface area contributed by atoms with Crippen molar-refractivity contribution in [2.75, 3.05) is 32.8 Å². The van der Waals surface area contributed by atoms with Gasteiger partial charge in [-0.2, -0.15) is 12.7 Å². The lowest BCUT2D eigenvalue weighted by Gasteiger charge is -2.33. The molecule has 0 saturated carbocycles. The second-order valence-corrected chi connectivity index (χ2v) is 7.43. The molecule has 0 aromatic heterocycles. The molecule has 0 bridgehead atoms. The van der Waals surface area contributed by atoms with E-state index in [9.17, 15) is 8.42 Å². The van der Waals surface area contributed by atoms with Gasteiger partial charge < -0.3 is 10.5 Å². The summed E-state index contributed by atoms with van der Waals surface area (Å²) in [5, 5.41) is 0. The van der Waals surface area contributed by atoms with Crippen molar-refractivity contribution in [1.29, 1.82) is 0 Å². The van der Waals surface area contributed by atoms with Crippen molar-refractivity contribution in [1.82, 2.24) is 9.03 Å². The van der Waals surface area contributed by atoms with Gasteiger partial charge in [-0.05, 0) is 25.2 Å². The first kappa shape index (κ1) is 17.8. The minimum absolute atomic E-state index is 0.0570. The van der Waals surface area contributed by atoms with E-state index < -0.39 is 10.2 Å². The van der Waals surface area contributed by atoms with Crippen LogP contribution in [0.3, 0.4) is 0 Å². The molecule has 3 N–H and O–H groups in total. The number of nitrogens with two attached hydrogens (primary N) is 1. The number of nitrogens with zero attached hydrogens (tertiary/aromatic N) is 1. The average molecular weight is 307 g/mol. The Balaban J connectivity index is 2.30. The zero-order valence-electron chi connectivity index (χ0n) is 12.7. The van der Waals surface area contributed by atoms with E-state index >= 15 is 0 Å². The maximum atomic E-state index is 12.2. The molecule has 1 aliphatic heterocycles. The maximum Gasteiger partial charge on any atom is 0.279 e. The van der Waals surface area contributed by atoms with Crippen molar-refractivity contribution in [3.05, 3.63) is 0 Å². The Bertz CT molecular complexity index is 360. The highest BCUT2D eigenvalue weighted by Crippen LogP contribution is 2.18. The van der Waals surface area contributed by atoms with Gasteiger partial charge in [-0.25, -0.2) is 4.72 Å². The molecule has 0 aromatic carbocycles. The molecule has 1 saturated heterocycles. The zero-order chi connectivity index (χ0) is 15.0. The molecule has 1 rings (SSSR count). The van der Waals surface area contributed by atoms with Crippen LogP contribution in [-0.2, 0) is 14.9 Å². The summed E-state index contributed by atoms with van der Waals surface area (Å²) in [5.41, 5.74) is 5.66. The van der Waals surface area contributed by atoms with E-state index in [2.05, 4.69) is 18.6 Å². The van der Waals surface area contributed by atoms with E-state index in [0.29, 0.717) is 45.2 Å². The lowest BCUT2D eigenvalue weighted by molar-refractivity contribution is 0.108. The van der Waals surface area contributed by atoms with Gasteiger partial charge in [-0.3, -0.25) is 0 Å². The van der Waals surface area contributed by atoms with Gasteiger partial charge in [0.05, 0.1) is 0 Å². The number of nitrogens with one attached hydrogen (secondary N) is 1. The predicted molar refractivity (Wildman–Crippen MR) is 80.6 cm³/mol. The summed E-state index contributed by atoms with van der Waals surface area (Å²) in [6.07, 6.45) is 3.51. The normalized spacial score (nSPS) is 21.5. The van der Waals surface area contributed by atoms with Crippen molar-refractivity contribution >= 4 is 10.2 Å². The van der Waals surface area contributed by atoms with Gasteiger partial charge in [-0.1, -0.05) is 20.3 Å². The molecule has 0 spiro atoms. The van der Waals surface area contributed by atoms with Crippen LogP contribution in [0.5, 0.6) is 0 Å². The van der Waals surface area contributed by atoms with Crippen LogP contribution >= 0.6 is 0 Å². The monoisotopic (exact) mass is 307 g/mol. The van der Waals surface area contributed by atoms with E-state index in [0.717, 1.165) is 19.3 Å². The smallest absolute Gasteiger partial charge is 0.279 e. The number of hydrogen-bond acceptors (Lipinski definition) is 4. The van der Waals surface area contributed by atoms with Crippen molar-refractivity contribution in [3.8, 4) is 0 Å². The zero-order valence-corrected chi connectivity index (χ0v) is 13.5. The minimum atomic E-state index is -3.40. The summed E-state index contributed by atoms with van der Waals surface area (Å²) in [6.45, 7) is 6.85. The minimum Gasteiger partial charge on any atom is -0.381 e. The van der Waals surface area contributed by atoms with Crippen LogP contribution in [-0.4, -0.2) is 51.6 Å². The molecule has 1 atom stereocenters. The van der Waals surface area contributed by atoms with E-state index in [-0.39, 0.29) is 6.04 Å². The van der Waals surface area contributed by atoms with Crippen molar-refractivity contribution in [2.24, 2.45) is 11.7 Å². The standard InChI is InChI=1S/C13H29N3O3S/c1-12(2)11-19-9-5-7-15-20(17,18)16-8-4-3-6-13(16)10-14/h12-13,15H,3-11,14H2,1-2H3. The van der Waals surface area contributed by atoms with Crippen LogP contribution < -0.4 is 10.5 Å². The van der Waals surface area contributed by atoms with Gasteiger partial charge in [-0.15, -0.1) is 0 Å². The maximum absolute atomic E-state index is 12.2. The lowest BCUT2D eigenvalue weighted by Crippen LogP contribution is -2.51. The Morgan fingerprint density at radius 2 is 2.15 bits per heavy atom. The van der Waals surface area contributed by atoms with E-state index in [4.69, 9.17) is 10.5 Å². The van der Waals surface area contributed by atoms with Gasteiger partial charge in [0.1, 0.15) is 0 Å². The largest absolute Gasteiger partial charge is 0.381 e. The molecular formula is C13H29N3O3S. The lowest BCUT2D eigenvalue weighted by atomic mass is 10.1. The molecule has 0 aromatic rings. The summed E-state index contributed by atoms with van der Waals surface area (Å²) >= 11 is 0. The van der Waals surface area contributed by atoms with Crippen molar-refractivity contribution in [2.45, 2.75) is 45.6 Å². The molecule has 1 heterocycles. The fourth-order valence-corrected chi connectivity index (χ4v) is 3.82. The van der Waals surface area contributed by atoms with E-state index in [1.54, 1.807) is 0 Å². The Kier molecular flexibility index (Phi) is 7.98. The summed E-state index contributed by atoms with van der Waals surface area (Å²) in [7, 11) is -3.40. The first-order valence-corrected chi connectivity index (χ1v) is 8.95. The number of piperidine rings is 1. The summed E-state index contributed by atoms with van der Waals surface area (Å²) in [4.78, 5) is 0. The molecule has 7 heteroatoms. The van der Waals surface area contributed by atoms with Crippen LogP contribution in [0.4, 0.5) is 0 Å². The average Bonchev–Trinajstić information content (AvgIpc) is 2.42. The molecule has 1 aliphatic rings. The summed E-state index contributed by atoms with van der Waals surface area (Å²) in [5.74, 6) is 0.505. The number of rotatable bonds is 9. The Labute approximate surface area is 123 Å². The summed E-state index contributed by atoms with van der Waals surface area (Å²) < 4.78 is 34.0. The Morgan fingerprint density at radius 1 is 1.40 bits per heavy atom. The highest BCUT2D eigenvalue weighted by molar-refractivity contribution is 7.87. The molecule has 1 fully saturated rings. The molecule has 0 aliphatic carbocycles. The molecular weight excluding hydrogens is 278 g/mol. The Morgan fingerprint density at radius 3 is 2.80 bits per heavy atom. The van der Waals surface area contributed by atoms with Gasteiger partial charge in [0.25, 0.3) is 10.2 Å². The molecule has 0 amide bonds. The third-order valence-electron chi connectivity index (χ3n) is 3.36. The quantitative estimate of drug-likeness (QED) is 0.614. The molecule has 120 valence electrons. The predicted octanol–water partition coefficient (Wildman–Crippen LogP) is 0.697. The fourth-order valence-electron chi connectivity index (χ4n) is 2.30. The fraction of sp³-hybridized carbons (Fsp3) is 1.00.